The van der Waals surface area contributed by atoms with E-state index in [0.717, 1.165) is 5.56 Å². The number of benzene rings is 1. The summed E-state index contributed by atoms with van der Waals surface area (Å²) in [5, 5.41) is 1.33. The van der Waals surface area contributed by atoms with Crippen LogP contribution in [0, 0.1) is 0 Å². The molecule has 0 aliphatic heterocycles. The quantitative estimate of drug-likeness (QED) is 0.900. The zero-order valence-corrected chi connectivity index (χ0v) is 11.4. The van der Waals surface area contributed by atoms with E-state index in [2.05, 4.69) is 18.7 Å². The second kappa shape index (κ2) is 5.87. The Morgan fingerprint density at radius 2 is 1.94 bits per heavy atom. The first-order valence-corrected chi connectivity index (χ1v) is 6.10. The molecule has 0 bridgehead atoms. The summed E-state index contributed by atoms with van der Waals surface area (Å²) in [6, 6.07) is 6.10. The van der Waals surface area contributed by atoms with Crippen molar-refractivity contribution in [2.24, 2.45) is 5.73 Å². The molecule has 0 aromatic heterocycles. The van der Waals surface area contributed by atoms with E-state index in [9.17, 15) is 0 Å². The molecule has 4 heteroatoms. The number of likely N-dealkylation sites (N-methyl/N-ethyl adjacent to an activating group) is 1. The summed E-state index contributed by atoms with van der Waals surface area (Å²) in [5.74, 6) is 0. The first-order chi connectivity index (χ1) is 7.47. The van der Waals surface area contributed by atoms with Gasteiger partial charge in [0.15, 0.2) is 0 Å². The molecule has 0 radical (unpaired) electrons. The number of rotatable bonds is 4. The summed E-state index contributed by atoms with van der Waals surface area (Å²) in [4.78, 5) is 2.20. The Morgan fingerprint density at radius 3 is 2.38 bits per heavy atom. The number of halogens is 2. The molecule has 0 heterocycles. The molecule has 0 amide bonds. The second-order valence-corrected chi connectivity index (χ2v) is 5.02. The Balaban J connectivity index is 3.04. The van der Waals surface area contributed by atoms with E-state index in [4.69, 9.17) is 28.9 Å². The molecule has 2 nitrogen and oxygen atoms in total. The molecule has 0 saturated carbocycles. The molecule has 1 atom stereocenters. The summed E-state index contributed by atoms with van der Waals surface area (Å²) in [6.45, 7) is 4.80. The van der Waals surface area contributed by atoms with Gasteiger partial charge in [-0.05, 0) is 38.6 Å². The van der Waals surface area contributed by atoms with Gasteiger partial charge >= 0.3 is 0 Å². The Hall–Kier alpha value is -0.280. The van der Waals surface area contributed by atoms with Crippen molar-refractivity contribution in [1.29, 1.82) is 0 Å². The number of nitrogens with zero attached hydrogens (tertiary/aromatic N) is 1. The number of hydrogen-bond donors (Lipinski definition) is 1. The zero-order valence-electron chi connectivity index (χ0n) is 9.87. The fourth-order valence-electron chi connectivity index (χ4n) is 1.64. The van der Waals surface area contributed by atoms with E-state index in [0.29, 0.717) is 22.6 Å². The van der Waals surface area contributed by atoms with Crippen LogP contribution in [0.15, 0.2) is 18.2 Å². The minimum atomic E-state index is 0.129. The first-order valence-electron chi connectivity index (χ1n) is 5.34. The highest BCUT2D eigenvalue weighted by Gasteiger charge is 2.20. The van der Waals surface area contributed by atoms with Crippen molar-refractivity contribution >= 4 is 23.2 Å². The molecule has 1 aromatic rings. The second-order valence-electron chi connectivity index (χ2n) is 4.18. The van der Waals surface area contributed by atoms with Crippen molar-refractivity contribution in [1.82, 2.24) is 4.90 Å². The molecule has 0 saturated heterocycles. The summed E-state index contributed by atoms with van der Waals surface area (Å²) >= 11 is 12.1. The smallest absolute Gasteiger partial charge is 0.0484 e. The standard InChI is InChI=1S/C12H18Cl2N2/c1-8(2)16(3)12(7-15)10-5-4-9(13)6-11(10)14/h4-6,8,12H,7,15H2,1-3H3. The lowest BCUT2D eigenvalue weighted by molar-refractivity contribution is 0.201. The van der Waals surface area contributed by atoms with Gasteiger partial charge in [0.2, 0.25) is 0 Å². The minimum absolute atomic E-state index is 0.129. The van der Waals surface area contributed by atoms with Gasteiger partial charge in [0, 0.05) is 28.7 Å². The molecule has 0 fully saturated rings. The van der Waals surface area contributed by atoms with Crippen LogP contribution < -0.4 is 5.73 Å². The molecule has 2 N–H and O–H groups in total. The van der Waals surface area contributed by atoms with E-state index in [-0.39, 0.29) is 6.04 Å². The Bertz CT molecular complexity index is 353. The highest BCUT2D eigenvalue weighted by molar-refractivity contribution is 6.35. The molecule has 0 aliphatic rings. The molecular weight excluding hydrogens is 243 g/mol. The maximum atomic E-state index is 6.19. The molecular formula is C12H18Cl2N2. The molecule has 0 aliphatic carbocycles. The lowest BCUT2D eigenvalue weighted by Crippen LogP contribution is -2.35. The van der Waals surface area contributed by atoms with Gasteiger partial charge < -0.3 is 5.73 Å². The van der Waals surface area contributed by atoms with Gasteiger partial charge in [0.05, 0.1) is 0 Å². The number of nitrogens with two attached hydrogens (primary N) is 1. The van der Waals surface area contributed by atoms with Crippen LogP contribution in [0.4, 0.5) is 0 Å². The molecule has 1 aromatic carbocycles. The Kier molecular flexibility index (Phi) is 5.06. The monoisotopic (exact) mass is 260 g/mol. The van der Waals surface area contributed by atoms with Gasteiger partial charge in [-0.25, -0.2) is 0 Å². The lowest BCUT2D eigenvalue weighted by atomic mass is 10.0. The third kappa shape index (κ3) is 3.11. The molecule has 1 rings (SSSR count). The molecule has 16 heavy (non-hydrogen) atoms. The molecule has 1 unspecified atom stereocenters. The first kappa shape index (κ1) is 13.8. The van der Waals surface area contributed by atoms with Crippen LogP contribution in [-0.2, 0) is 0 Å². The maximum absolute atomic E-state index is 6.19. The predicted octanol–water partition coefficient (Wildman–Crippen LogP) is 3.33. The van der Waals surface area contributed by atoms with Crippen molar-refractivity contribution in [2.45, 2.75) is 25.9 Å². The van der Waals surface area contributed by atoms with Crippen LogP contribution in [0.3, 0.4) is 0 Å². The summed E-state index contributed by atoms with van der Waals surface area (Å²) in [6.07, 6.45) is 0. The highest BCUT2D eigenvalue weighted by atomic mass is 35.5. The summed E-state index contributed by atoms with van der Waals surface area (Å²) in [5.41, 5.74) is 6.85. The Morgan fingerprint density at radius 1 is 1.31 bits per heavy atom. The van der Waals surface area contributed by atoms with E-state index in [1.54, 1.807) is 6.07 Å². The average Bonchev–Trinajstić information content (AvgIpc) is 2.21. The predicted molar refractivity (Wildman–Crippen MR) is 71.2 cm³/mol. The average molecular weight is 261 g/mol. The third-order valence-corrected chi connectivity index (χ3v) is 3.41. The molecule has 0 spiro atoms. The zero-order chi connectivity index (χ0) is 12.3. The van der Waals surface area contributed by atoms with E-state index in [1.165, 1.54) is 0 Å². The topological polar surface area (TPSA) is 29.3 Å². The van der Waals surface area contributed by atoms with Crippen molar-refractivity contribution in [2.75, 3.05) is 13.6 Å². The van der Waals surface area contributed by atoms with Gasteiger partial charge in [-0.2, -0.15) is 0 Å². The largest absolute Gasteiger partial charge is 0.329 e. The third-order valence-electron chi connectivity index (χ3n) is 2.85. The maximum Gasteiger partial charge on any atom is 0.0484 e. The van der Waals surface area contributed by atoms with Gasteiger partial charge in [0.25, 0.3) is 0 Å². The van der Waals surface area contributed by atoms with Crippen molar-refractivity contribution < 1.29 is 0 Å². The van der Waals surface area contributed by atoms with Gasteiger partial charge in [-0.15, -0.1) is 0 Å². The van der Waals surface area contributed by atoms with Crippen LogP contribution in [0.25, 0.3) is 0 Å². The van der Waals surface area contributed by atoms with Crippen molar-refractivity contribution in [3.63, 3.8) is 0 Å². The van der Waals surface area contributed by atoms with Crippen molar-refractivity contribution in [3.05, 3.63) is 33.8 Å². The van der Waals surface area contributed by atoms with Gasteiger partial charge in [0.1, 0.15) is 0 Å². The molecule has 90 valence electrons. The van der Waals surface area contributed by atoms with Crippen LogP contribution in [0.5, 0.6) is 0 Å². The van der Waals surface area contributed by atoms with Crippen molar-refractivity contribution in [3.8, 4) is 0 Å². The SMILES string of the molecule is CC(C)N(C)C(CN)c1ccc(Cl)cc1Cl. The Labute approximate surface area is 107 Å². The van der Waals surface area contributed by atoms with Crippen LogP contribution in [-0.4, -0.2) is 24.5 Å². The van der Waals surface area contributed by atoms with Crippen LogP contribution in [0.1, 0.15) is 25.5 Å². The minimum Gasteiger partial charge on any atom is -0.329 e. The summed E-state index contributed by atoms with van der Waals surface area (Å²) in [7, 11) is 2.05. The van der Waals surface area contributed by atoms with Gasteiger partial charge in [-0.1, -0.05) is 29.3 Å². The van der Waals surface area contributed by atoms with Crippen LogP contribution >= 0.6 is 23.2 Å². The fourth-order valence-corrected chi connectivity index (χ4v) is 2.18. The number of hydrogen-bond acceptors (Lipinski definition) is 2. The lowest BCUT2D eigenvalue weighted by Gasteiger charge is -2.31. The van der Waals surface area contributed by atoms with E-state index in [1.807, 2.05) is 19.2 Å². The van der Waals surface area contributed by atoms with Gasteiger partial charge in [-0.3, -0.25) is 4.90 Å². The van der Waals surface area contributed by atoms with Crippen LogP contribution in [0.2, 0.25) is 10.0 Å². The fraction of sp³-hybridized carbons (Fsp3) is 0.500. The highest BCUT2D eigenvalue weighted by Crippen LogP contribution is 2.29. The van der Waals surface area contributed by atoms with E-state index < -0.39 is 0 Å². The normalized spacial score (nSPS) is 13.5. The van der Waals surface area contributed by atoms with E-state index >= 15 is 0 Å². The summed E-state index contributed by atoms with van der Waals surface area (Å²) < 4.78 is 0.